The quantitative estimate of drug-likeness (QED) is 0.643. The average molecular weight is 222 g/mol. The molecule has 0 bridgehead atoms. The predicted molar refractivity (Wildman–Crippen MR) is 70.5 cm³/mol. The van der Waals surface area contributed by atoms with E-state index in [1.807, 2.05) is 6.92 Å². The van der Waals surface area contributed by atoms with Gasteiger partial charge in [0.15, 0.2) is 0 Å². The van der Waals surface area contributed by atoms with E-state index in [0.29, 0.717) is 11.3 Å². The SMILES string of the molecule is CCOC(C)C=CC1C(C)=CCCC1(C)C. The molecule has 0 heterocycles. The fourth-order valence-electron chi connectivity index (χ4n) is 2.57. The first-order valence-electron chi connectivity index (χ1n) is 6.44. The maximum atomic E-state index is 5.53. The Balaban J connectivity index is 2.69. The van der Waals surface area contributed by atoms with Crippen LogP contribution in [0.4, 0.5) is 0 Å². The molecule has 0 saturated heterocycles. The molecule has 1 rings (SSSR count). The number of ether oxygens (including phenoxy) is 1. The minimum absolute atomic E-state index is 0.232. The number of hydrogen-bond donors (Lipinski definition) is 0. The summed E-state index contributed by atoms with van der Waals surface area (Å²) in [5, 5.41) is 0. The Hall–Kier alpha value is -0.560. The molecule has 0 saturated carbocycles. The predicted octanol–water partition coefficient (Wildman–Crippen LogP) is 4.35. The van der Waals surface area contributed by atoms with Crippen LogP contribution in [0.1, 0.15) is 47.5 Å². The molecule has 0 amide bonds. The van der Waals surface area contributed by atoms with Gasteiger partial charge >= 0.3 is 0 Å². The maximum absolute atomic E-state index is 5.53. The third-order valence-electron chi connectivity index (χ3n) is 3.59. The van der Waals surface area contributed by atoms with Crippen molar-refractivity contribution in [1.82, 2.24) is 0 Å². The first-order chi connectivity index (χ1) is 7.47. The largest absolute Gasteiger partial charge is 0.375 e. The fourth-order valence-corrected chi connectivity index (χ4v) is 2.57. The van der Waals surface area contributed by atoms with Gasteiger partial charge in [0, 0.05) is 12.5 Å². The smallest absolute Gasteiger partial charge is 0.0727 e. The molecule has 0 radical (unpaired) electrons. The summed E-state index contributed by atoms with van der Waals surface area (Å²) in [6, 6.07) is 0. The highest BCUT2D eigenvalue weighted by Gasteiger charge is 2.30. The van der Waals surface area contributed by atoms with Gasteiger partial charge in [0.05, 0.1) is 6.10 Å². The minimum Gasteiger partial charge on any atom is -0.375 e. The molecule has 0 spiro atoms. The topological polar surface area (TPSA) is 9.23 Å². The summed E-state index contributed by atoms with van der Waals surface area (Å²) in [5.74, 6) is 0.573. The van der Waals surface area contributed by atoms with Gasteiger partial charge < -0.3 is 4.74 Å². The van der Waals surface area contributed by atoms with Crippen molar-refractivity contribution in [2.45, 2.75) is 53.6 Å². The molecule has 2 atom stereocenters. The standard InChI is InChI=1S/C15H26O/c1-6-16-13(3)9-10-14-12(2)8-7-11-15(14,4)5/h8-10,13-14H,6-7,11H2,1-5H3. The van der Waals surface area contributed by atoms with Crippen molar-refractivity contribution < 1.29 is 4.74 Å². The molecule has 0 fully saturated rings. The Labute approximate surface area is 101 Å². The Morgan fingerprint density at radius 1 is 1.56 bits per heavy atom. The highest BCUT2D eigenvalue weighted by Crippen LogP contribution is 2.41. The van der Waals surface area contributed by atoms with E-state index < -0.39 is 0 Å². The van der Waals surface area contributed by atoms with Crippen molar-refractivity contribution >= 4 is 0 Å². The van der Waals surface area contributed by atoms with Gasteiger partial charge in [-0.3, -0.25) is 0 Å². The van der Waals surface area contributed by atoms with E-state index in [0.717, 1.165) is 6.61 Å². The van der Waals surface area contributed by atoms with E-state index >= 15 is 0 Å². The van der Waals surface area contributed by atoms with Crippen molar-refractivity contribution in [3.63, 3.8) is 0 Å². The third kappa shape index (κ3) is 3.48. The summed E-state index contributed by atoms with van der Waals surface area (Å²) in [6.07, 6.45) is 9.66. The third-order valence-corrected chi connectivity index (χ3v) is 3.59. The van der Waals surface area contributed by atoms with Crippen LogP contribution in [-0.2, 0) is 4.74 Å². The zero-order valence-electron chi connectivity index (χ0n) is 11.4. The minimum atomic E-state index is 0.232. The second-order valence-corrected chi connectivity index (χ2v) is 5.50. The van der Waals surface area contributed by atoms with E-state index in [2.05, 4.69) is 45.9 Å². The Kier molecular flexibility index (Phi) is 4.79. The zero-order valence-corrected chi connectivity index (χ0v) is 11.4. The number of hydrogen-bond acceptors (Lipinski definition) is 1. The first-order valence-corrected chi connectivity index (χ1v) is 6.44. The normalized spacial score (nSPS) is 26.8. The molecule has 1 nitrogen and oxygen atoms in total. The molecule has 1 aliphatic rings. The molecule has 0 aromatic carbocycles. The van der Waals surface area contributed by atoms with Gasteiger partial charge in [-0.15, -0.1) is 0 Å². The maximum Gasteiger partial charge on any atom is 0.0727 e. The van der Waals surface area contributed by atoms with E-state index in [-0.39, 0.29) is 6.10 Å². The lowest BCUT2D eigenvalue weighted by molar-refractivity contribution is 0.108. The van der Waals surface area contributed by atoms with Gasteiger partial charge in [-0.25, -0.2) is 0 Å². The number of allylic oxidation sites excluding steroid dienone is 3. The second-order valence-electron chi connectivity index (χ2n) is 5.50. The summed E-state index contributed by atoms with van der Waals surface area (Å²) in [4.78, 5) is 0. The first kappa shape index (κ1) is 13.5. The lowest BCUT2D eigenvalue weighted by atomic mass is 9.68. The fraction of sp³-hybridized carbons (Fsp3) is 0.733. The monoisotopic (exact) mass is 222 g/mol. The van der Waals surface area contributed by atoms with Crippen LogP contribution >= 0.6 is 0 Å². The van der Waals surface area contributed by atoms with Crippen molar-refractivity contribution in [3.8, 4) is 0 Å². The molecular weight excluding hydrogens is 196 g/mol. The molecule has 1 aliphatic carbocycles. The second kappa shape index (κ2) is 5.67. The Morgan fingerprint density at radius 3 is 2.81 bits per heavy atom. The van der Waals surface area contributed by atoms with Crippen LogP contribution in [0.25, 0.3) is 0 Å². The van der Waals surface area contributed by atoms with Crippen LogP contribution in [0, 0.1) is 11.3 Å². The molecule has 0 aliphatic heterocycles. The van der Waals surface area contributed by atoms with Crippen LogP contribution in [0.5, 0.6) is 0 Å². The number of rotatable bonds is 4. The van der Waals surface area contributed by atoms with Gasteiger partial charge in [0.1, 0.15) is 0 Å². The van der Waals surface area contributed by atoms with Crippen LogP contribution in [0.2, 0.25) is 0 Å². The molecule has 1 heteroatoms. The van der Waals surface area contributed by atoms with E-state index in [9.17, 15) is 0 Å². The molecule has 2 unspecified atom stereocenters. The lowest BCUT2D eigenvalue weighted by Crippen LogP contribution is -2.26. The Morgan fingerprint density at radius 2 is 2.25 bits per heavy atom. The van der Waals surface area contributed by atoms with Crippen molar-refractivity contribution in [2.24, 2.45) is 11.3 Å². The van der Waals surface area contributed by atoms with Gasteiger partial charge in [-0.05, 0) is 39.0 Å². The van der Waals surface area contributed by atoms with Crippen molar-refractivity contribution in [2.75, 3.05) is 6.61 Å². The molecule has 92 valence electrons. The highest BCUT2D eigenvalue weighted by molar-refractivity contribution is 5.19. The molecule has 16 heavy (non-hydrogen) atoms. The summed E-state index contributed by atoms with van der Waals surface area (Å²) < 4.78 is 5.53. The Bertz CT molecular complexity index is 273. The summed E-state index contributed by atoms with van der Waals surface area (Å²) in [7, 11) is 0. The van der Waals surface area contributed by atoms with E-state index in [1.165, 1.54) is 18.4 Å². The van der Waals surface area contributed by atoms with Crippen LogP contribution in [0.3, 0.4) is 0 Å². The van der Waals surface area contributed by atoms with Crippen LogP contribution in [0.15, 0.2) is 23.8 Å². The average Bonchev–Trinajstić information content (AvgIpc) is 2.16. The van der Waals surface area contributed by atoms with Gasteiger partial charge in [-0.2, -0.15) is 0 Å². The molecule has 0 aromatic heterocycles. The highest BCUT2D eigenvalue weighted by atomic mass is 16.5. The molecular formula is C15H26O. The zero-order chi connectivity index (χ0) is 12.2. The van der Waals surface area contributed by atoms with Crippen LogP contribution < -0.4 is 0 Å². The van der Waals surface area contributed by atoms with Crippen LogP contribution in [-0.4, -0.2) is 12.7 Å². The summed E-state index contributed by atoms with van der Waals surface area (Å²) in [5.41, 5.74) is 1.90. The van der Waals surface area contributed by atoms with Crippen molar-refractivity contribution in [3.05, 3.63) is 23.8 Å². The van der Waals surface area contributed by atoms with Gasteiger partial charge in [0.2, 0.25) is 0 Å². The van der Waals surface area contributed by atoms with Gasteiger partial charge in [0.25, 0.3) is 0 Å². The molecule has 0 N–H and O–H groups in total. The lowest BCUT2D eigenvalue weighted by Gasteiger charge is -2.36. The van der Waals surface area contributed by atoms with E-state index in [1.54, 1.807) is 0 Å². The molecule has 0 aromatic rings. The summed E-state index contributed by atoms with van der Waals surface area (Å²) >= 11 is 0. The van der Waals surface area contributed by atoms with Crippen molar-refractivity contribution in [1.29, 1.82) is 0 Å². The van der Waals surface area contributed by atoms with E-state index in [4.69, 9.17) is 4.74 Å². The summed E-state index contributed by atoms with van der Waals surface area (Å²) in [6.45, 7) is 11.9. The van der Waals surface area contributed by atoms with Gasteiger partial charge in [-0.1, -0.05) is 37.6 Å².